The number of benzene rings is 2. The minimum Gasteiger partial charge on any atom is -0.460 e. The number of carbonyl (C=O) groups is 1. The van der Waals surface area contributed by atoms with Crippen LogP contribution in [-0.2, 0) is 15.7 Å². The number of alkyl halides is 5. The molecule has 1 aliphatic carbocycles. The van der Waals surface area contributed by atoms with Gasteiger partial charge in [-0.25, -0.2) is 9.07 Å². The molecule has 0 spiro atoms. The summed E-state index contributed by atoms with van der Waals surface area (Å²) in [7, 11) is 0. The third-order valence-corrected chi connectivity index (χ3v) is 5.82. The first-order valence-corrected chi connectivity index (χ1v) is 11.1. The molecular formula is C23H21ClF4N4O3. The first kappa shape index (κ1) is 24.9. The van der Waals surface area contributed by atoms with Crippen LogP contribution in [0.2, 0.25) is 0 Å². The number of nitrogens with zero attached hydrogens (tertiary/aromatic N) is 3. The van der Waals surface area contributed by atoms with Gasteiger partial charge in [0, 0.05) is 24.3 Å². The van der Waals surface area contributed by atoms with Gasteiger partial charge >= 0.3 is 12.2 Å². The second-order valence-corrected chi connectivity index (χ2v) is 8.46. The van der Waals surface area contributed by atoms with Crippen LogP contribution < -0.4 is 10.1 Å². The van der Waals surface area contributed by atoms with Gasteiger partial charge in [-0.1, -0.05) is 18.2 Å². The lowest BCUT2D eigenvalue weighted by atomic mass is 10.1. The normalized spacial score (nSPS) is 19.4. The fourth-order valence-electron chi connectivity index (χ4n) is 3.25. The van der Waals surface area contributed by atoms with Crippen LogP contribution in [0.15, 0.2) is 48.5 Å². The molecule has 186 valence electrons. The van der Waals surface area contributed by atoms with E-state index in [2.05, 4.69) is 15.4 Å². The lowest BCUT2D eigenvalue weighted by Crippen LogP contribution is -2.27. The molecule has 0 unspecified atom stereocenters. The molecule has 0 radical (unpaired) electrons. The Morgan fingerprint density at radius 2 is 1.94 bits per heavy atom. The Labute approximate surface area is 203 Å². The predicted molar refractivity (Wildman–Crippen MR) is 121 cm³/mol. The molecule has 2 atom stereocenters. The Hall–Kier alpha value is -3.18. The highest BCUT2D eigenvalue weighted by molar-refractivity contribution is 6.39. The van der Waals surface area contributed by atoms with Gasteiger partial charge in [0.05, 0.1) is 17.9 Å². The van der Waals surface area contributed by atoms with Gasteiger partial charge in [0.15, 0.2) is 10.7 Å². The second-order valence-electron chi connectivity index (χ2n) is 7.79. The minimum atomic E-state index is -4.48. The molecule has 3 aromatic rings. The maximum atomic E-state index is 13.4. The molecule has 4 rings (SSSR count). The standard InChI is InChI=1S/C23H21ClF4N4O3/c1-2-34-10-11-35-21-30-19(14-6-8-15(9-7-14)23(26,27)28)32(31-21)17-5-3-4-16(12-17)29-20(33)22(24)13-18(22)25/h3-9,12,18H,2,10-11,13H2,1H3,(H,29,33)/t18-,22-/m0/s1. The second kappa shape index (κ2) is 9.82. The largest absolute Gasteiger partial charge is 0.460 e. The van der Waals surface area contributed by atoms with Crippen molar-refractivity contribution in [2.45, 2.75) is 30.6 Å². The van der Waals surface area contributed by atoms with Gasteiger partial charge in [0.1, 0.15) is 12.8 Å². The average Bonchev–Trinajstić information content (AvgIpc) is 3.25. The minimum absolute atomic E-state index is 0.00741. The number of nitrogens with one attached hydrogen (secondary N) is 1. The van der Waals surface area contributed by atoms with Crippen molar-refractivity contribution < 1.29 is 31.8 Å². The summed E-state index contributed by atoms with van der Waals surface area (Å²) in [6, 6.07) is 10.9. The van der Waals surface area contributed by atoms with E-state index in [0.29, 0.717) is 30.2 Å². The van der Waals surface area contributed by atoms with Crippen LogP contribution in [0, 0.1) is 0 Å². The fraction of sp³-hybridized carbons (Fsp3) is 0.348. The molecule has 7 nitrogen and oxygen atoms in total. The van der Waals surface area contributed by atoms with Crippen molar-refractivity contribution >= 4 is 23.2 Å². The molecule has 0 aliphatic heterocycles. The van der Waals surface area contributed by atoms with Crippen LogP contribution in [-0.4, -0.2) is 51.5 Å². The highest BCUT2D eigenvalue weighted by atomic mass is 35.5. The molecule has 35 heavy (non-hydrogen) atoms. The molecule has 2 aromatic carbocycles. The zero-order chi connectivity index (χ0) is 25.2. The van der Waals surface area contributed by atoms with Gasteiger partial charge in [-0.05, 0) is 37.3 Å². The van der Waals surface area contributed by atoms with Crippen molar-refractivity contribution in [3.8, 4) is 23.1 Å². The van der Waals surface area contributed by atoms with Crippen LogP contribution in [0.5, 0.6) is 6.01 Å². The third-order valence-electron chi connectivity index (χ3n) is 5.26. The molecule has 0 bridgehead atoms. The zero-order valence-electron chi connectivity index (χ0n) is 18.5. The fourth-order valence-corrected chi connectivity index (χ4v) is 3.44. The number of ether oxygens (including phenoxy) is 2. The van der Waals surface area contributed by atoms with E-state index >= 15 is 0 Å². The summed E-state index contributed by atoms with van der Waals surface area (Å²) >= 11 is 5.95. The first-order valence-electron chi connectivity index (χ1n) is 10.7. The molecule has 12 heteroatoms. The molecule has 1 aliphatic rings. The predicted octanol–water partition coefficient (Wildman–Crippen LogP) is 5.03. The lowest BCUT2D eigenvalue weighted by molar-refractivity contribution is -0.137. The number of halogens is 5. The Morgan fingerprint density at radius 1 is 1.23 bits per heavy atom. The van der Waals surface area contributed by atoms with Crippen LogP contribution in [0.4, 0.5) is 23.2 Å². The van der Waals surface area contributed by atoms with Gasteiger partial charge in [0.2, 0.25) is 5.91 Å². The number of anilines is 1. The molecule has 1 amide bonds. The Balaban J connectivity index is 1.65. The number of hydrogen-bond donors (Lipinski definition) is 1. The van der Waals surface area contributed by atoms with Gasteiger partial charge in [-0.3, -0.25) is 4.79 Å². The molecule has 0 saturated heterocycles. The monoisotopic (exact) mass is 512 g/mol. The van der Waals surface area contributed by atoms with Crippen molar-refractivity contribution in [2.24, 2.45) is 0 Å². The Morgan fingerprint density at radius 3 is 2.57 bits per heavy atom. The number of amides is 1. The summed E-state index contributed by atoms with van der Waals surface area (Å²) in [6.45, 7) is 2.82. The van der Waals surface area contributed by atoms with Crippen LogP contribution in [0.3, 0.4) is 0 Å². The van der Waals surface area contributed by atoms with Gasteiger partial charge in [-0.2, -0.15) is 18.2 Å². The van der Waals surface area contributed by atoms with E-state index < -0.39 is 28.7 Å². The molecule has 1 fully saturated rings. The third kappa shape index (κ3) is 5.57. The maximum absolute atomic E-state index is 13.4. The summed E-state index contributed by atoms with van der Waals surface area (Å²) in [6.07, 6.45) is -5.96. The quantitative estimate of drug-likeness (QED) is 0.247. The van der Waals surface area contributed by atoms with Crippen molar-refractivity contribution in [1.82, 2.24) is 14.8 Å². The summed E-state index contributed by atoms with van der Waals surface area (Å²) < 4.78 is 64.6. The van der Waals surface area contributed by atoms with E-state index in [9.17, 15) is 22.4 Å². The maximum Gasteiger partial charge on any atom is 0.416 e. The molecule has 1 saturated carbocycles. The van der Waals surface area contributed by atoms with Crippen LogP contribution in [0.25, 0.3) is 17.1 Å². The highest BCUT2D eigenvalue weighted by Crippen LogP contribution is 2.46. The molecule has 1 N–H and O–H groups in total. The Bertz CT molecular complexity index is 1200. The smallest absolute Gasteiger partial charge is 0.416 e. The highest BCUT2D eigenvalue weighted by Gasteiger charge is 2.60. The van der Waals surface area contributed by atoms with Crippen molar-refractivity contribution in [2.75, 3.05) is 25.1 Å². The van der Waals surface area contributed by atoms with Gasteiger partial charge < -0.3 is 14.8 Å². The Kier molecular flexibility index (Phi) is 7.00. The van der Waals surface area contributed by atoms with E-state index in [1.165, 1.54) is 16.8 Å². The van der Waals surface area contributed by atoms with Crippen molar-refractivity contribution in [3.63, 3.8) is 0 Å². The van der Waals surface area contributed by atoms with Crippen LogP contribution >= 0.6 is 11.6 Å². The molecule has 1 aromatic heterocycles. The van der Waals surface area contributed by atoms with E-state index in [0.717, 1.165) is 12.1 Å². The average molecular weight is 513 g/mol. The first-order chi connectivity index (χ1) is 16.6. The summed E-state index contributed by atoms with van der Waals surface area (Å²) in [5.41, 5.74) is 0.324. The van der Waals surface area contributed by atoms with E-state index in [1.807, 2.05) is 6.92 Å². The van der Waals surface area contributed by atoms with Crippen molar-refractivity contribution in [3.05, 3.63) is 54.1 Å². The zero-order valence-corrected chi connectivity index (χ0v) is 19.2. The summed E-state index contributed by atoms with van der Waals surface area (Å²) in [5, 5.41) is 6.90. The summed E-state index contributed by atoms with van der Waals surface area (Å²) in [5.74, 6) is -0.446. The van der Waals surface area contributed by atoms with E-state index in [1.54, 1.807) is 24.3 Å². The number of aromatic nitrogens is 3. The topological polar surface area (TPSA) is 78.3 Å². The van der Waals surface area contributed by atoms with Crippen molar-refractivity contribution in [1.29, 1.82) is 0 Å². The van der Waals surface area contributed by atoms with Gasteiger partial charge in [-0.15, -0.1) is 16.7 Å². The SMILES string of the molecule is CCOCCOc1nc(-c2ccc(C(F)(F)F)cc2)n(-c2cccc(NC(=O)[C@]3(Cl)C[C@@H]3F)c2)n1. The van der Waals surface area contributed by atoms with Crippen LogP contribution in [0.1, 0.15) is 18.9 Å². The molecular weight excluding hydrogens is 492 g/mol. The summed E-state index contributed by atoms with van der Waals surface area (Å²) in [4.78, 5) is 15.0. The number of hydrogen-bond acceptors (Lipinski definition) is 5. The number of rotatable bonds is 9. The van der Waals surface area contributed by atoms with E-state index in [-0.39, 0.29) is 24.9 Å². The number of carbonyl (C=O) groups excluding carboxylic acids is 1. The molecule has 1 heterocycles. The lowest BCUT2D eigenvalue weighted by Gasteiger charge is -2.11. The van der Waals surface area contributed by atoms with Gasteiger partial charge in [0.25, 0.3) is 0 Å². The van der Waals surface area contributed by atoms with E-state index in [4.69, 9.17) is 21.1 Å².